The molecule has 1 saturated carbocycles. The smallest absolute Gasteiger partial charge is 0.359 e. The highest BCUT2D eigenvalue weighted by atomic mass is 16.5. The van der Waals surface area contributed by atoms with Gasteiger partial charge in [0.15, 0.2) is 12.3 Å². The van der Waals surface area contributed by atoms with Gasteiger partial charge in [0, 0.05) is 23.9 Å². The summed E-state index contributed by atoms with van der Waals surface area (Å²) in [7, 11) is 0. The van der Waals surface area contributed by atoms with E-state index in [9.17, 15) is 9.59 Å². The standard InChI is InChI=1S/C22H23N3O3/c1-16-7-5-10-19-24-18(13-25(16)19)21(27)28-14-20(26)23-15-22(11-6-12-22)17-8-3-2-4-9-17/h2-5,7-10,13H,6,11-12,14-15H2,1H3,(H,23,26). The van der Waals surface area contributed by atoms with Gasteiger partial charge in [-0.3, -0.25) is 4.79 Å². The van der Waals surface area contributed by atoms with Crippen LogP contribution in [0.2, 0.25) is 0 Å². The van der Waals surface area contributed by atoms with Crippen molar-refractivity contribution in [2.45, 2.75) is 31.6 Å². The van der Waals surface area contributed by atoms with E-state index in [1.807, 2.05) is 47.7 Å². The number of rotatable bonds is 6. The predicted octanol–water partition coefficient (Wildman–Crippen LogP) is 3.04. The molecule has 4 rings (SSSR count). The van der Waals surface area contributed by atoms with Crippen molar-refractivity contribution in [1.82, 2.24) is 14.7 Å². The molecular weight excluding hydrogens is 354 g/mol. The Hall–Kier alpha value is -3.15. The molecule has 144 valence electrons. The molecule has 0 radical (unpaired) electrons. The number of benzene rings is 1. The fraction of sp³-hybridized carbons (Fsp3) is 0.318. The number of hydrogen-bond acceptors (Lipinski definition) is 4. The maximum Gasteiger partial charge on any atom is 0.359 e. The second-order valence-electron chi connectivity index (χ2n) is 7.37. The number of ether oxygens (including phenoxy) is 1. The van der Waals surface area contributed by atoms with E-state index in [4.69, 9.17) is 4.74 Å². The van der Waals surface area contributed by atoms with Crippen LogP contribution in [0.5, 0.6) is 0 Å². The summed E-state index contributed by atoms with van der Waals surface area (Å²) >= 11 is 0. The number of imidazole rings is 1. The molecule has 2 aromatic heterocycles. The number of amides is 1. The van der Waals surface area contributed by atoms with Crippen LogP contribution in [-0.2, 0) is 14.9 Å². The summed E-state index contributed by atoms with van der Waals surface area (Å²) < 4.78 is 6.97. The van der Waals surface area contributed by atoms with Crippen molar-refractivity contribution in [2.24, 2.45) is 0 Å². The molecule has 6 heteroatoms. The fourth-order valence-electron chi connectivity index (χ4n) is 3.73. The molecule has 1 aromatic carbocycles. The first-order valence-electron chi connectivity index (χ1n) is 9.51. The quantitative estimate of drug-likeness (QED) is 0.670. The lowest BCUT2D eigenvalue weighted by Crippen LogP contribution is -2.46. The first kappa shape index (κ1) is 18.2. The highest BCUT2D eigenvalue weighted by Crippen LogP contribution is 2.43. The van der Waals surface area contributed by atoms with E-state index in [2.05, 4.69) is 22.4 Å². The van der Waals surface area contributed by atoms with Crippen LogP contribution in [0.25, 0.3) is 5.65 Å². The van der Waals surface area contributed by atoms with Gasteiger partial charge in [-0.1, -0.05) is 42.8 Å². The van der Waals surface area contributed by atoms with Gasteiger partial charge in [-0.2, -0.15) is 0 Å². The molecule has 1 aliphatic rings. The highest BCUT2D eigenvalue weighted by molar-refractivity contribution is 5.90. The molecule has 1 amide bonds. The number of esters is 1. The van der Waals surface area contributed by atoms with E-state index < -0.39 is 5.97 Å². The topological polar surface area (TPSA) is 72.7 Å². The molecule has 1 aliphatic carbocycles. The number of carbonyl (C=O) groups is 2. The van der Waals surface area contributed by atoms with Crippen LogP contribution in [0.3, 0.4) is 0 Å². The minimum atomic E-state index is -0.598. The molecule has 0 saturated heterocycles. The van der Waals surface area contributed by atoms with Gasteiger partial charge in [0.2, 0.25) is 0 Å². The SMILES string of the molecule is Cc1cccc2nc(C(=O)OCC(=O)NCC3(c4ccccc4)CCC3)cn12. The minimum absolute atomic E-state index is 0.0000530. The molecule has 0 spiro atoms. The molecule has 3 aromatic rings. The van der Waals surface area contributed by atoms with Gasteiger partial charge in [0.25, 0.3) is 5.91 Å². The second kappa shape index (κ2) is 7.46. The number of fused-ring (bicyclic) bond motifs is 1. The lowest BCUT2D eigenvalue weighted by molar-refractivity contribution is -0.124. The summed E-state index contributed by atoms with van der Waals surface area (Å²) in [6.07, 6.45) is 4.89. The number of aryl methyl sites for hydroxylation is 1. The van der Waals surface area contributed by atoms with Crippen molar-refractivity contribution in [3.63, 3.8) is 0 Å². The molecule has 28 heavy (non-hydrogen) atoms. The summed E-state index contributed by atoms with van der Waals surface area (Å²) in [5.74, 6) is -0.893. The molecule has 1 fully saturated rings. The number of nitrogens with zero attached hydrogens (tertiary/aromatic N) is 2. The molecule has 1 N–H and O–H groups in total. The molecular formula is C22H23N3O3. The second-order valence-corrected chi connectivity index (χ2v) is 7.37. The third kappa shape index (κ3) is 3.50. The van der Waals surface area contributed by atoms with Crippen molar-refractivity contribution >= 4 is 17.5 Å². The van der Waals surface area contributed by atoms with Crippen molar-refractivity contribution in [3.05, 3.63) is 71.7 Å². The monoisotopic (exact) mass is 377 g/mol. The Labute approximate surface area is 163 Å². The van der Waals surface area contributed by atoms with Gasteiger partial charge in [-0.05, 0) is 37.5 Å². The van der Waals surface area contributed by atoms with Crippen LogP contribution in [0.4, 0.5) is 0 Å². The Morgan fingerprint density at radius 2 is 1.93 bits per heavy atom. The van der Waals surface area contributed by atoms with E-state index >= 15 is 0 Å². The summed E-state index contributed by atoms with van der Waals surface area (Å²) in [6.45, 7) is 2.18. The van der Waals surface area contributed by atoms with Crippen LogP contribution in [-0.4, -0.2) is 34.4 Å². The molecule has 0 bridgehead atoms. The third-order valence-electron chi connectivity index (χ3n) is 5.56. The zero-order valence-electron chi connectivity index (χ0n) is 15.9. The Balaban J connectivity index is 1.33. The van der Waals surface area contributed by atoms with Crippen LogP contribution >= 0.6 is 0 Å². The van der Waals surface area contributed by atoms with E-state index in [0.717, 1.165) is 25.0 Å². The lowest BCUT2D eigenvalue weighted by Gasteiger charge is -2.42. The van der Waals surface area contributed by atoms with Crippen molar-refractivity contribution in [2.75, 3.05) is 13.2 Å². The van der Waals surface area contributed by atoms with Gasteiger partial charge in [0.05, 0.1) is 0 Å². The van der Waals surface area contributed by atoms with E-state index in [1.54, 1.807) is 6.20 Å². The van der Waals surface area contributed by atoms with Crippen LogP contribution in [0, 0.1) is 6.92 Å². The Morgan fingerprint density at radius 3 is 2.61 bits per heavy atom. The van der Waals surface area contributed by atoms with Crippen molar-refractivity contribution in [1.29, 1.82) is 0 Å². The number of aromatic nitrogens is 2. The fourth-order valence-corrected chi connectivity index (χ4v) is 3.73. The normalized spacial score (nSPS) is 15.0. The minimum Gasteiger partial charge on any atom is -0.451 e. The van der Waals surface area contributed by atoms with Crippen LogP contribution < -0.4 is 5.32 Å². The molecule has 0 atom stereocenters. The van der Waals surface area contributed by atoms with Gasteiger partial charge in [-0.25, -0.2) is 9.78 Å². The zero-order chi connectivity index (χ0) is 19.6. The summed E-state index contributed by atoms with van der Waals surface area (Å²) in [5.41, 5.74) is 3.08. The summed E-state index contributed by atoms with van der Waals surface area (Å²) in [4.78, 5) is 28.7. The summed E-state index contributed by atoms with van der Waals surface area (Å²) in [5, 5.41) is 2.92. The highest BCUT2D eigenvalue weighted by Gasteiger charge is 2.38. The number of carbonyl (C=O) groups excluding carboxylic acids is 2. The van der Waals surface area contributed by atoms with E-state index in [-0.39, 0.29) is 23.6 Å². The van der Waals surface area contributed by atoms with E-state index in [0.29, 0.717) is 12.2 Å². The Morgan fingerprint density at radius 1 is 1.14 bits per heavy atom. The number of hydrogen-bond donors (Lipinski definition) is 1. The zero-order valence-corrected chi connectivity index (χ0v) is 15.9. The van der Waals surface area contributed by atoms with Crippen LogP contribution in [0.1, 0.15) is 41.0 Å². The predicted molar refractivity (Wildman–Crippen MR) is 105 cm³/mol. The van der Waals surface area contributed by atoms with Gasteiger partial charge < -0.3 is 14.5 Å². The van der Waals surface area contributed by atoms with Crippen LogP contribution in [0.15, 0.2) is 54.7 Å². The summed E-state index contributed by atoms with van der Waals surface area (Å²) in [6, 6.07) is 15.9. The lowest BCUT2D eigenvalue weighted by atomic mass is 9.64. The van der Waals surface area contributed by atoms with Crippen molar-refractivity contribution in [3.8, 4) is 0 Å². The molecule has 2 heterocycles. The largest absolute Gasteiger partial charge is 0.451 e. The van der Waals surface area contributed by atoms with Gasteiger partial charge in [-0.15, -0.1) is 0 Å². The Kier molecular flexibility index (Phi) is 4.86. The molecule has 6 nitrogen and oxygen atoms in total. The first-order valence-corrected chi connectivity index (χ1v) is 9.51. The average molecular weight is 377 g/mol. The maximum atomic E-state index is 12.2. The Bertz CT molecular complexity index is 1010. The maximum absolute atomic E-state index is 12.2. The molecule has 0 unspecified atom stereocenters. The number of pyridine rings is 1. The third-order valence-corrected chi connectivity index (χ3v) is 5.56. The average Bonchev–Trinajstić information content (AvgIpc) is 3.12. The molecule has 0 aliphatic heterocycles. The van der Waals surface area contributed by atoms with Crippen molar-refractivity contribution < 1.29 is 14.3 Å². The van der Waals surface area contributed by atoms with Gasteiger partial charge in [0.1, 0.15) is 5.65 Å². The first-order chi connectivity index (χ1) is 13.6. The number of nitrogens with one attached hydrogen (secondary N) is 1. The van der Waals surface area contributed by atoms with Gasteiger partial charge >= 0.3 is 5.97 Å². The van der Waals surface area contributed by atoms with E-state index in [1.165, 1.54) is 5.56 Å².